The van der Waals surface area contributed by atoms with Gasteiger partial charge in [0, 0.05) is 6.42 Å². The second kappa shape index (κ2) is 11.0. The summed E-state index contributed by atoms with van der Waals surface area (Å²) in [7, 11) is 0. The van der Waals surface area contributed by atoms with Crippen LogP contribution in [0.5, 0.6) is 5.75 Å². The van der Waals surface area contributed by atoms with Crippen molar-refractivity contribution >= 4 is 24.4 Å². The van der Waals surface area contributed by atoms with Gasteiger partial charge in [0.1, 0.15) is 18.4 Å². The molecule has 1 atom stereocenters. The van der Waals surface area contributed by atoms with Gasteiger partial charge in [-0.3, -0.25) is 0 Å². The molecule has 10 heteroatoms. The Morgan fingerprint density at radius 1 is 1.04 bits per heavy atom. The number of rotatable bonds is 10. The standard InChI is InChI=1S/C17H17NO8S/c19-16(20)15(18-17(21)23-11-13-4-2-1-3-5-13)10-12-6-8-14(9-7-12)24-27-26-25-22/h1-9,15,22H,10-11H2,(H,18,21)(H,19,20). The van der Waals surface area contributed by atoms with Gasteiger partial charge in [-0.25, -0.2) is 14.8 Å². The zero-order valence-corrected chi connectivity index (χ0v) is 14.8. The summed E-state index contributed by atoms with van der Waals surface area (Å²) in [5.74, 6) is -0.793. The lowest BCUT2D eigenvalue weighted by molar-refractivity contribution is -0.433. The normalized spacial score (nSPS) is 11.4. The second-order valence-corrected chi connectivity index (χ2v) is 5.68. The summed E-state index contributed by atoms with van der Waals surface area (Å²) in [5.41, 5.74) is 1.45. The number of carboxylic acid groups (broad SMARTS) is 1. The predicted octanol–water partition coefficient (Wildman–Crippen LogP) is 2.97. The van der Waals surface area contributed by atoms with Crippen LogP contribution in [0, 0.1) is 0 Å². The molecule has 0 heterocycles. The van der Waals surface area contributed by atoms with Gasteiger partial charge in [0.15, 0.2) is 0 Å². The number of hydrogen-bond donors (Lipinski definition) is 3. The Morgan fingerprint density at radius 2 is 1.74 bits per heavy atom. The number of ether oxygens (including phenoxy) is 1. The molecule has 0 aliphatic heterocycles. The predicted molar refractivity (Wildman–Crippen MR) is 94.4 cm³/mol. The highest BCUT2D eigenvalue weighted by atomic mass is 32.2. The molecule has 0 saturated heterocycles. The Labute approximate surface area is 159 Å². The van der Waals surface area contributed by atoms with Crippen molar-refractivity contribution in [3.8, 4) is 5.75 Å². The van der Waals surface area contributed by atoms with E-state index >= 15 is 0 Å². The Balaban J connectivity index is 1.85. The SMILES string of the molecule is O=C(NC(Cc1ccc(OSOOO)cc1)C(=O)O)OCc1ccccc1. The Bertz CT molecular complexity index is 725. The number of alkyl carbamates (subject to hydrolysis) is 1. The highest BCUT2D eigenvalue weighted by Gasteiger charge is 2.21. The van der Waals surface area contributed by atoms with E-state index in [0.717, 1.165) is 5.56 Å². The molecule has 27 heavy (non-hydrogen) atoms. The summed E-state index contributed by atoms with van der Waals surface area (Å²) < 4.78 is 14.1. The Hall–Kier alpha value is -2.79. The van der Waals surface area contributed by atoms with Gasteiger partial charge >= 0.3 is 12.1 Å². The first-order chi connectivity index (χ1) is 13.1. The average molecular weight is 395 g/mol. The molecule has 0 aliphatic rings. The molecule has 0 bridgehead atoms. The van der Waals surface area contributed by atoms with E-state index in [2.05, 4.69) is 14.7 Å². The van der Waals surface area contributed by atoms with E-state index in [9.17, 15) is 14.7 Å². The van der Waals surface area contributed by atoms with Gasteiger partial charge in [-0.05, 0) is 23.3 Å². The van der Waals surface area contributed by atoms with E-state index in [1.807, 2.05) is 18.2 Å². The highest BCUT2D eigenvalue weighted by Crippen LogP contribution is 2.18. The van der Waals surface area contributed by atoms with Crippen molar-refractivity contribution in [2.24, 2.45) is 0 Å². The molecular weight excluding hydrogens is 378 g/mol. The Kier molecular flexibility index (Phi) is 8.39. The van der Waals surface area contributed by atoms with Crippen molar-refractivity contribution in [2.75, 3.05) is 0 Å². The number of nitrogens with one attached hydrogen (secondary N) is 1. The van der Waals surface area contributed by atoms with Gasteiger partial charge in [-0.2, -0.15) is 0 Å². The molecule has 144 valence electrons. The molecule has 0 spiro atoms. The number of carboxylic acids is 1. The molecule has 1 amide bonds. The molecule has 3 N–H and O–H groups in total. The fourth-order valence-electron chi connectivity index (χ4n) is 2.09. The lowest BCUT2D eigenvalue weighted by atomic mass is 10.1. The lowest BCUT2D eigenvalue weighted by Gasteiger charge is -2.15. The van der Waals surface area contributed by atoms with Gasteiger partial charge in [0.25, 0.3) is 12.3 Å². The summed E-state index contributed by atoms with van der Waals surface area (Å²) in [6.45, 7) is 0.0440. The second-order valence-electron chi connectivity index (χ2n) is 5.24. The van der Waals surface area contributed by atoms with E-state index in [4.69, 9.17) is 14.2 Å². The quantitative estimate of drug-likeness (QED) is 0.241. The zero-order chi connectivity index (χ0) is 19.5. The van der Waals surface area contributed by atoms with Crippen LogP contribution in [0.25, 0.3) is 0 Å². The van der Waals surface area contributed by atoms with Crippen molar-refractivity contribution in [2.45, 2.75) is 19.1 Å². The Morgan fingerprint density at radius 3 is 2.37 bits per heavy atom. The van der Waals surface area contributed by atoms with Crippen molar-refractivity contribution < 1.29 is 38.2 Å². The van der Waals surface area contributed by atoms with Crippen LogP contribution in [0.1, 0.15) is 11.1 Å². The molecule has 0 aromatic heterocycles. The van der Waals surface area contributed by atoms with Gasteiger partial charge in [0.2, 0.25) is 0 Å². The minimum atomic E-state index is -1.18. The number of amides is 1. The number of carbonyl (C=O) groups is 2. The molecule has 2 rings (SSSR count). The van der Waals surface area contributed by atoms with Crippen LogP contribution in [0.3, 0.4) is 0 Å². The van der Waals surface area contributed by atoms with Crippen LogP contribution in [-0.4, -0.2) is 28.5 Å². The van der Waals surface area contributed by atoms with Crippen molar-refractivity contribution in [3.05, 3.63) is 65.7 Å². The summed E-state index contributed by atoms with van der Waals surface area (Å²) in [4.78, 5) is 23.3. The van der Waals surface area contributed by atoms with Crippen LogP contribution < -0.4 is 9.50 Å². The fraction of sp³-hybridized carbons (Fsp3) is 0.176. The third-order valence-corrected chi connectivity index (χ3v) is 3.73. The summed E-state index contributed by atoms with van der Waals surface area (Å²) >= 11 is 0.403. The van der Waals surface area contributed by atoms with Crippen LogP contribution >= 0.6 is 12.3 Å². The average Bonchev–Trinajstić information content (AvgIpc) is 2.68. The maximum absolute atomic E-state index is 11.9. The first-order valence-corrected chi connectivity index (χ1v) is 8.35. The molecule has 0 aliphatic carbocycles. The van der Waals surface area contributed by atoms with Gasteiger partial charge in [0.05, 0.1) is 0 Å². The van der Waals surface area contributed by atoms with E-state index in [-0.39, 0.29) is 13.0 Å². The number of hydrogen-bond acceptors (Lipinski definition) is 8. The van der Waals surface area contributed by atoms with Crippen LogP contribution in [0.15, 0.2) is 54.6 Å². The zero-order valence-electron chi connectivity index (χ0n) is 13.9. The summed E-state index contributed by atoms with van der Waals surface area (Å²) in [6.07, 6.45) is -0.761. The minimum absolute atomic E-state index is 0.0440. The number of aliphatic carboxylic acids is 1. The first-order valence-electron chi connectivity index (χ1n) is 7.69. The molecule has 0 fully saturated rings. The molecule has 0 saturated carbocycles. The van der Waals surface area contributed by atoms with Crippen LogP contribution in [-0.2, 0) is 31.9 Å². The number of benzene rings is 2. The summed E-state index contributed by atoms with van der Waals surface area (Å²) in [5, 5.41) is 23.0. The van der Waals surface area contributed by atoms with Crippen molar-refractivity contribution in [1.29, 1.82) is 0 Å². The lowest BCUT2D eigenvalue weighted by Crippen LogP contribution is -2.42. The van der Waals surface area contributed by atoms with Crippen molar-refractivity contribution in [3.63, 3.8) is 0 Å². The molecular formula is C17H17NO8S. The number of carbonyl (C=O) groups excluding carboxylic acids is 1. The van der Waals surface area contributed by atoms with E-state index < -0.39 is 18.1 Å². The van der Waals surface area contributed by atoms with E-state index in [0.29, 0.717) is 23.6 Å². The first kappa shape index (κ1) is 20.5. The van der Waals surface area contributed by atoms with Gasteiger partial charge < -0.3 is 19.3 Å². The third kappa shape index (κ3) is 7.54. The van der Waals surface area contributed by atoms with Crippen LogP contribution in [0.4, 0.5) is 4.79 Å². The van der Waals surface area contributed by atoms with Crippen LogP contribution in [0.2, 0.25) is 0 Å². The van der Waals surface area contributed by atoms with Gasteiger partial charge in [-0.15, -0.1) is 0 Å². The highest BCUT2D eigenvalue weighted by molar-refractivity contribution is 7.90. The maximum Gasteiger partial charge on any atom is 0.408 e. The monoisotopic (exact) mass is 395 g/mol. The maximum atomic E-state index is 11.9. The third-order valence-electron chi connectivity index (χ3n) is 3.35. The fourth-order valence-corrected chi connectivity index (χ4v) is 2.33. The van der Waals surface area contributed by atoms with E-state index in [1.165, 1.54) is 0 Å². The van der Waals surface area contributed by atoms with Gasteiger partial charge in [-0.1, -0.05) is 51.8 Å². The molecule has 2 aromatic rings. The van der Waals surface area contributed by atoms with E-state index in [1.54, 1.807) is 36.4 Å². The smallest absolute Gasteiger partial charge is 0.408 e. The van der Waals surface area contributed by atoms with Crippen molar-refractivity contribution in [1.82, 2.24) is 5.32 Å². The molecule has 9 nitrogen and oxygen atoms in total. The topological polar surface area (TPSA) is 124 Å². The largest absolute Gasteiger partial charge is 0.480 e. The molecule has 0 radical (unpaired) electrons. The molecule has 2 aromatic carbocycles. The minimum Gasteiger partial charge on any atom is -0.480 e. The summed E-state index contributed by atoms with van der Waals surface area (Å²) in [6, 6.07) is 14.3. The molecule has 1 unspecified atom stereocenters.